The van der Waals surface area contributed by atoms with E-state index in [2.05, 4.69) is 19.2 Å². The number of para-hydroxylation sites is 1. The fourth-order valence-corrected chi connectivity index (χ4v) is 2.47. The van der Waals surface area contributed by atoms with Gasteiger partial charge in [-0.25, -0.2) is 0 Å². The van der Waals surface area contributed by atoms with Crippen LogP contribution in [0.5, 0.6) is 5.75 Å². The second kappa shape index (κ2) is 6.16. The Labute approximate surface area is 134 Å². The first kappa shape index (κ1) is 15.2. The summed E-state index contributed by atoms with van der Waals surface area (Å²) >= 11 is 0. The summed E-state index contributed by atoms with van der Waals surface area (Å²) in [6, 6.07) is 14.5. The molecule has 4 nitrogen and oxygen atoms in total. The second-order valence-electron chi connectivity index (χ2n) is 5.69. The van der Waals surface area contributed by atoms with E-state index in [1.807, 2.05) is 30.3 Å². The zero-order chi connectivity index (χ0) is 16.4. The van der Waals surface area contributed by atoms with E-state index in [4.69, 9.17) is 4.42 Å². The van der Waals surface area contributed by atoms with Crippen molar-refractivity contribution in [1.29, 1.82) is 0 Å². The molecule has 0 spiro atoms. The van der Waals surface area contributed by atoms with Crippen LogP contribution in [0.2, 0.25) is 0 Å². The van der Waals surface area contributed by atoms with E-state index in [0.717, 1.165) is 17.4 Å². The summed E-state index contributed by atoms with van der Waals surface area (Å²) in [5, 5.41) is 13.7. The molecule has 1 atom stereocenters. The van der Waals surface area contributed by atoms with Gasteiger partial charge in [0.25, 0.3) is 5.91 Å². The van der Waals surface area contributed by atoms with Gasteiger partial charge in [0.2, 0.25) is 0 Å². The molecule has 3 rings (SSSR count). The van der Waals surface area contributed by atoms with Crippen molar-refractivity contribution in [2.24, 2.45) is 0 Å². The highest BCUT2D eigenvalue weighted by Crippen LogP contribution is 2.30. The quantitative estimate of drug-likeness (QED) is 0.673. The Morgan fingerprint density at radius 2 is 2.00 bits per heavy atom. The van der Waals surface area contributed by atoms with E-state index in [-0.39, 0.29) is 17.4 Å². The van der Waals surface area contributed by atoms with Gasteiger partial charge in [-0.2, -0.15) is 0 Å². The highest BCUT2D eigenvalue weighted by Gasteiger charge is 2.15. The van der Waals surface area contributed by atoms with Crippen LogP contribution < -0.4 is 5.32 Å². The summed E-state index contributed by atoms with van der Waals surface area (Å²) in [6.07, 6.45) is 0.990. The lowest BCUT2D eigenvalue weighted by Gasteiger charge is -2.12. The minimum absolute atomic E-state index is 0.0623. The van der Waals surface area contributed by atoms with Crippen LogP contribution in [0, 0.1) is 0 Å². The number of amides is 1. The maximum Gasteiger partial charge on any atom is 0.291 e. The number of fused-ring (bicyclic) bond motifs is 1. The van der Waals surface area contributed by atoms with Gasteiger partial charge in [0.15, 0.2) is 5.76 Å². The molecule has 2 N–H and O–H groups in total. The van der Waals surface area contributed by atoms with Gasteiger partial charge in [-0.1, -0.05) is 38.1 Å². The van der Waals surface area contributed by atoms with Crippen molar-refractivity contribution in [3.8, 4) is 5.75 Å². The minimum atomic E-state index is -0.382. The monoisotopic (exact) mass is 309 g/mol. The van der Waals surface area contributed by atoms with Crippen molar-refractivity contribution in [2.45, 2.75) is 26.2 Å². The van der Waals surface area contributed by atoms with E-state index in [1.54, 1.807) is 18.2 Å². The topological polar surface area (TPSA) is 62.5 Å². The second-order valence-corrected chi connectivity index (χ2v) is 5.69. The molecule has 0 aliphatic carbocycles. The first-order valence-corrected chi connectivity index (χ1v) is 7.71. The number of hydrogen-bond acceptors (Lipinski definition) is 3. The molecule has 23 heavy (non-hydrogen) atoms. The van der Waals surface area contributed by atoms with Gasteiger partial charge < -0.3 is 14.8 Å². The summed E-state index contributed by atoms with van der Waals surface area (Å²) in [5.74, 6) is 0.262. The van der Waals surface area contributed by atoms with Gasteiger partial charge in [-0.3, -0.25) is 4.79 Å². The summed E-state index contributed by atoms with van der Waals surface area (Å²) in [6.45, 7) is 4.19. The fraction of sp³-hybridized carbons (Fsp3) is 0.211. The Hall–Kier alpha value is -2.75. The van der Waals surface area contributed by atoms with Crippen molar-refractivity contribution in [2.75, 3.05) is 5.32 Å². The average Bonchev–Trinajstić information content (AvgIpc) is 3.00. The van der Waals surface area contributed by atoms with Gasteiger partial charge >= 0.3 is 0 Å². The highest BCUT2D eigenvalue weighted by atomic mass is 16.3. The number of hydrogen-bond donors (Lipinski definition) is 2. The van der Waals surface area contributed by atoms with Gasteiger partial charge in [0, 0.05) is 5.39 Å². The third-order valence-corrected chi connectivity index (χ3v) is 4.10. The molecule has 0 saturated heterocycles. The number of phenolic OH excluding ortho intramolecular Hbond substituents is 1. The fourth-order valence-electron chi connectivity index (χ4n) is 2.47. The molecule has 0 saturated carbocycles. The molecule has 118 valence electrons. The first-order chi connectivity index (χ1) is 11.1. The summed E-state index contributed by atoms with van der Waals surface area (Å²) < 4.78 is 5.53. The number of rotatable bonds is 4. The standard InChI is InChI=1S/C19H19NO3/c1-3-12(2)13-8-9-15(16(21)10-13)20-19(22)18-11-14-6-4-5-7-17(14)23-18/h4-12,21H,3H2,1-2H3,(H,20,22). The Morgan fingerprint density at radius 1 is 1.22 bits per heavy atom. The van der Waals surface area contributed by atoms with E-state index in [1.165, 1.54) is 0 Å². The van der Waals surface area contributed by atoms with Crippen LogP contribution in [0.4, 0.5) is 5.69 Å². The largest absolute Gasteiger partial charge is 0.506 e. The molecular formula is C19H19NO3. The van der Waals surface area contributed by atoms with Crippen LogP contribution in [0.3, 0.4) is 0 Å². The Kier molecular flexibility index (Phi) is 4.06. The SMILES string of the molecule is CCC(C)c1ccc(NC(=O)c2cc3ccccc3o2)c(O)c1. The number of benzene rings is 2. The number of anilines is 1. The average molecular weight is 309 g/mol. The lowest BCUT2D eigenvalue weighted by Crippen LogP contribution is -2.11. The number of furan rings is 1. The van der Waals surface area contributed by atoms with Crippen LogP contribution >= 0.6 is 0 Å². The number of aromatic hydroxyl groups is 1. The Balaban J connectivity index is 1.82. The highest BCUT2D eigenvalue weighted by molar-refractivity contribution is 6.05. The minimum Gasteiger partial charge on any atom is -0.506 e. The zero-order valence-corrected chi connectivity index (χ0v) is 13.2. The number of phenols is 1. The third kappa shape index (κ3) is 3.06. The molecule has 0 bridgehead atoms. The molecule has 1 amide bonds. The lowest BCUT2D eigenvalue weighted by molar-refractivity contribution is 0.0998. The van der Waals surface area contributed by atoms with Crippen LogP contribution in [0.25, 0.3) is 11.0 Å². The summed E-state index contributed by atoms with van der Waals surface area (Å²) in [7, 11) is 0. The summed E-state index contributed by atoms with van der Waals surface area (Å²) in [4.78, 5) is 12.3. The van der Waals surface area contributed by atoms with E-state index >= 15 is 0 Å². The molecule has 1 aromatic heterocycles. The third-order valence-electron chi connectivity index (χ3n) is 4.10. The molecule has 0 radical (unpaired) electrons. The van der Waals surface area contributed by atoms with Crippen molar-refractivity contribution < 1.29 is 14.3 Å². The van der Waals surface area contributed by atoms with E-state index in [9.17, 15) is 9.90 Å². The van der Waals surface area contributed by atoms with Crippen LogP contribution in [-0.4, -0.2) is 11.0 Å². The smallest absolute Gasteiger partial charge is 0.291 e. The van der Waals surface area contributed by atoms with E-state index in [0.29, 0.717) is 17.2 Å². The van der Waals surface area contributed by atoms with Crippen molar-refractivity contribution >= 4 is 22.6 Å². The first-order valence-electron chi connectivity index (χ1n) is 7.71. The van der Waals surface area contributed by atoms with Crippen molar-refractivity contribution in [3.63, 3.8) is 0 Å². The van der Waals surface area contributed by atoms with Crippen molar-refractivity contribution in [3.05, 3.63) is 59.9 Å². The predicted octanol–water partition coefficient (Wildman–Crippen LogP) is 4.90. The molecule has 3 aromatic rings. The molecule has 4 heteroatoms. The molecule has 0 aliphatic rings. The van der Waals surface area contributed by atoms with Crippen LogP contribution in [0.1, 0.15) is 42.3 Å². The predicted molar refractivity (Wildman–Crippen MR) is 91.0 cm³/mol. The zero-order valence-electron chi connectivity index (χ0n) is 13.2. The maximum absolute atomic E-state index is 12.3. The number of carbonyl (C=O) groups excluding carboxylic acids is 1. The maximum atomic E-state index is 12.3. The number of carbonyl (C=O) groups is 1. The lowest BCUT2D eigenvalue weighted by atomic mass is 9.98. The van der Waals surface area contributed by atoms with Crippen LogP contribution in [0.15, 0.2) is 52.9 Å². The van der Waals surface area contributed by atoms with Gasteiger partial charge in [0.1, 0.15) is 11.3 Å². The van der Waals surface area contributed by atoms with Gasteiger partial charge in [-0.15, -0.1) is 0 Å². The molecule has 1 heterocycles. The molecule has 1 unspecified atom stereocenters. The normalized spacial score (nSPS) is 12.3. The molecule has 2 aromatic carbocycles. The molecular weight excluding hydrogens is 290 g/mol. The van der Waals surface area contributed by atoms with Crippen molar-refractivity contribution in [1.82, 2.24) is 0 Å². The molecule has 0 aliphatic heterocycles. The molecule has 0 fully saturated rings. The van der Waals surface area contributed by atoms with Crippen LogP contribution in [-0.2, 0) is 0 Å². The Bertz CT molecular complexity index is 818. The Morgan fingerprint density at radius 3 is 2.70 bits per heavy atom. The number of nitrogens with one attached hydrogen (secondary N) is 1. The summed E-state index contributed by atoms with van der Waals surface area (Å²) in [5.41, 5.74) is 2.09. The van der Waals surface area contributed by atoms with Gasteiger partial charge in [0.05, 0.1) is 5.69 Å². The van der Waals surface area contributed by atoms with E-state index < -0.39 is 0 Å². The van der Waals surface area contributed by atoms with Gasteiger partial charge in [-0.05, 0) is 42.2 Å².